The van der Waals surface area contributed by atoms with Crippen LogP contribution in [-0.2, 0) is 6.42 Å². The summed E-state index contributed by atoms with van der Waals surface area (Å²) in [5, 5.41) is 9.07. The lowest BCUT2D eigenvalue weighted by Crippen LogP contribution is -2.07. The van der Waals surface area contributed by atoms with Crippen molar-refractivity contribution in [2.45, 2.75) is 20.3 Å². The van der Waals surface area contributed by atoms with E-state index in [-0.39, 0.29) is 16.1 Å². The Morgan fingerprint density at radius 3 is 2.65 bits per heavy atom. The van der Waals surface area contributed by atoms with Crippen LogP contribution >= 0.6 is 11.6 Å². The van der Waals surface area contributed by atoms with Crippen LogP contribution in [0.2, 0.25) is 5.02 Å². The third-order valence-corrected chi connectivity index (χ3v) is 2.79. The van der Waals surface area contributed by atoms with Crippen molar-refractivity contribution in [3.63, 3.8) is 0 Å². The average Bonchev–Trinajstić information content (AvgIpc) is 2.22. The van der Waals surface area contributed by atoms with Crippen LogP contribution in [0.1, 0.15) is 35.3 Å². The molecule has 4 heteroatoms. The molecule has 0 saturated carbocycles. The summed E-state index contributed by atoms with van der Waals surface area (Å²) in [6.07, 6.45) is 5.98. The number of halogens is 1. The van der Waals surface area contributed by atoms with Gasteiger partial charge in [0.05, 0.1) is 21.8 Å². The predicted molar refractivity (Wildman–Crippen MR) is 69.3 cm³/mol. The number of anilines is 1. The fourth-order valence-corrected chi connectivity index (χ4v) is 1.93. The summed E-state index contributed by atoms with van der Waals surface area (Å²) in [6.45, 7) is 4.04. The molecule has 0 saturated heterocycles. The van der Waals surface area contributed by atoms with Gasteiger partial charge in [0.15, 0.2) is 0 Å². The molecule has 0 bridgehead atoms. The van der Waals surface area contributed by atoms with Gasteiger partial charge >= 0.3 is 5.97 Å². The topological polar surface area (TPSA) is 63.3 Å². The van der Waals surface area contributed by atoms with E-state index in [0.29, 0.717) is 18.0 Å². The smallest absolute Gasteiger partial charge is 0.337 e. The first-order chi connectivity index (χ1) is 7.88. The number of carboxylic acid groups (broad SMARTS) is 1. The van der Waals surface area contributed by atoms with Crippen molar-refractivity contribution in [1.82, 2.24) is 0 Å². The Morgan fingerprint density at radius 2 is 2.24 bits per heavy atom. The van der Waals surface area contributed by atoms with E-state index in [9.17, 15) is 4.79 Å². The van der Waals surface area contributed by atoms with E-state index in [1.807, 2.05) is 13.8 Å². The molecule has 3 nitrogen and oxygen atoms in total. The van der Waals surface area contributed by atoms with E-state index >= 15 is 0 Å². The monoisotopic (exact) mass is 251 g/mol. The average molecular weight is 252 g/mol. The van der Waals surface area contributed by atoms with Gasteiger partial charge in [0.25, 0.3) is 0 Å². The van der Waals surface area contributed by atoms with E-state index in [1.54, 1.807) is 0 Å². The minimum atomic E-state index is -1.10. The molecule has 0 atom stereocenters. The van der Waals surface area contributed by atoms with Gasteiger partial charge < -0.3 is 10.8 Å². The molecule has 0 heterocycles. The quantitative estimate of drug-likeness (QED) is 0.641. The molecule has 0 spiro atoms. The third-order valence-electron chi connectivity index (χ3n) is 2.39. The Balaban J connectivity index is 3.48. The molecule has 1 rings (SSSR count). The number of hydrogen-bond acceptors (Lipinski definition) is 2. The minimum Gasteiger partial charge on any atom is -0.478 e. The molecule has 0 fully saturated rings. The number of carboxylic acids is 1. The summed E-state index contributed by atoms with van der Waals surface area (Å²) in [4.78, 5) is 11.0. The molecule has 0 aliphatic heterocycles. The normalized spacial score (nSPS) is 10.3. The number of rotatable bonds is 3. The van der Waals surface area contributed by atoms with Crippen molar-refractivity contribution in [3.05, 3.63) is 27.8 Å². The summed E-state index contributed by atoms with van der Waals surface area (Å²) in [5.41, 5.74) is 7.29. The molecular weight excluding hydrogens is 238 g/mol. The van der Waals surface area contributed by atoms with E-state index in [2.05, 4.69) is 5.92 Å². The van der Waals surface area contributed by atoms with Crippen molar-refractivity contribution < 1.29 is 9.90 Å². The molecule has 0 radical (unpaired) electrons. The van der Waals surface area contributed by atoms with Crippen LogP contribution in [-0.4, -0.2) is 11.1 Å². The number of aromatic carboxylic acids is 1. The summed E-state index contributed by atoms with van der Waals surface area (Å²) in [7, 11) is 0. The molecule has 90 valence electrons. The summed E-state index contributed by atoms with van der Waals surface area (Å²) in [5.74, 6) is 1.60. The number of terminal acetylenes is 1. The van der Waals surface area contributed by atoms with Gasteiger partial charge in [0.2, 0.25) is 0 Å². The van der Waals surface area contributed by atoms with Gasteiger partial charge in [-0.05, 0) is 24.0 Å². The third kappa shape index (κ3) is 2.72. The second kappa shape index (κ2) is 5.11. The van der Waals surface area contributed by atoms with Crippen molar-refractivity contribution in [2.24, 2.45) is 5.92 Å². The highest BCUT2D eigenvalue weighted by Gasteiger charge is 2.18. The summed E-state index contributed by atoms with van der Waals surface area (Å²) in [6, 6.07) is 1.50. The van der Waals surface area contributed by atoms with Crippen molar-refractivity contribution in [3.8, 4) is 12.3 Å². The van der Waals surface area contributed by atoms with E-state index in [0.717, 1.165) is 5.56 Å². The maximum atomic E-state index is 11.0. The van der Waals surface area contributed by atoms with Crippen LogP contribution in [0.3, 0.4) is 0 Å². The molecular formula is C13H14ClNO2. The lowest BCUT2D eigenvalue weighted by molar-refractivity contribution is 0.0697. The minimum absolute atomic E-state index is 0.00414. The van der Waals surface area contributed by atoms with Gasteiger partial charge in [0.1, 0.15) is 0 Å². The van der Waals surface area contributed by atoms with Gasteiger partial charge in [-0.25, -0.2) is 4.79 Å². The summed E-state index contributed by atoms with van der Waals surface area (Å²) >= 11 is 5.91. The highest BCUT2D eigenvalue weighted by atomic mass is 35.5. The van der Waals surface area contributed by atoms with Gasteiger partial charge in [-0.2, -0.15) is 0 Å². The van der Waals surface area contributed by atoms with Crippen LogP contribution in [0.25, 0.3) is 0 Å². The zero-order chi connectivity index (χ0) is 13.2. The first-order valence-electron chi connectivity index (χ1n) is 5.19. The molecule has 0 unspecified atom stereocenters. The number of nitrogens with two attached hydrogens (primary N) is 1. The summed E-state index contributed by atoms with van der Waals surface area (Å²) < 4.78 is 0. The fourth-order valence-electron chi connectivity index (χ4n) is 1.63. The zero-order valence-corrected chi connectivity index (χ0v) is 10.5. The van der Waals surface area contributed by atoms with Gasteiger partial charge in [-0.1, -0.05) is 31.4 Å². The fraction of sp³-hybridized carbons (Fsp3) is 0.308. The SMILES string of the molecule is C#Cc1c(N)c(CC(C)C)cc(C(=O)O)c1Cl. The largest absolute Gasteiger partial charge is 0.478 e. The maximum absolute atomic E-state index is 11.0. The van der Waals surface area contributed by atoms with Gasteiger partial charge in [-0.15, -0.1) is 6.42 Å². The molecule has 1 aromatic carbocycles. The standard InChI is InChI=1S/C13H14ClNO2/c1-4-9-11(14)10(13(16)17)6-8(12(9)15)5-7(2)3/h1,6-7H,5,15H2,2-3H3,(H,16,17). The Labute approximate surface area is 106 Å². The van der Waals surface area contributed by atoms with Crippen molar-refractivity contribution in [2.75, 3.05) is 5.73 Å². The molecule has 3 N–H and O–H groups in total. The molecule has 17 heavy (non-hydrogen) atoms. The van der Waals surface area contributed by atoms with Crippen molar-refractivity contribution in [1.29, 1.82) is 0 Å². The Morgan fingerprint density at radius 1 is 1.65 bits per heavy atom. The van der Waals surface area contributed by atoms with Crippen LogP contribution < -0.4 is 5.73 Å². The van der Waals surface area contributed by atoms with Gasteiger partial charge in [-0.3, -0.25) is 0 Å². The Hall–Kier alpha value is -1.66. The highest BCUT2D eigenvalue weighted by molar-refractivity contribution is 6.35. The molecule has 1 aromatic rings. The van der Waals surface area contributed by atoms with Crippen LogP contribution in [0, 0.1) is 18.3 Å². The number of carbonyl (C=O) groups is 1. The first-order valence-corrected chi connectivity index (χ1v) is 5.57. The molecule has 0 amide bonds. The number of benzene rings is 1. The molecule has 0 aliphatic carbocycles. The number of nitrogen functional groups attached to an aromatic ring is 1. The predicted octanol–water partition coefficient (Wildman–Crippen LogP) is 2.80. The van der Waals surface area contributed by atoms with Crippen LogP contribution in [0.4, 0.5) is 5.69 Å². The van der Waals surface area contributed by atoms with Crippen molar-refractivity contribution >= 4 is 23.3 Å². The van der Waals surface area contributed by atoms with E-state index in [4.69, 9.17) is 28.9 Å². The van der Waals surface area contributed by atoms with Crippen LogP contribution in [0.15, 0.2) is 6.07 Å². The van der Waals surface area contributed by atoms with Crippen LogP contribution in [0.5, 0.6) is 0 Å². The molecule has 0 aliphatic rings. The second-order valence-electron chi connectivity index (χ2n) is 4.23. The maximum Gasteiger partial charge on any atom is 0.337 e. The number of hydrogen-bond donors (Lipinski definition) is 2. The van der Waals surface area contributed by atoms with Gasteiger partial charge in [0, 0.05) is 0 Å². The van der Waals surface area contributed by atoms with E-state index < -0.39 is 5.97 Å². The Bertz CT molecular complexity index is 501. The van der Waals surface area contributed by atoms with E-state index in [1.165, 1.54) is 6.07 Å². The molecule has 0 aromatic heterocycles. The zero-order valence-electron chi connectivity index (χ0n) is 9.75. The highest BCUT2D eigenvalue weighted by Crippen LogP contribution is 2.30. The first kappa shape index (κ1) is 13.4. The Kier molecular flexibility index (Phi) is 4.03. The second-order valence-corrected chi connectivity index (χ2v) is 4.61. The lowest BCUT2D eigenvalue weighted by Gasteiger charge is -2.13. The lowest BCUT2D eigenvalue weighted by atomic mass is 9.96.